The maximum atomic E-state index is 12.8. The Morgan fingerprint density at radius 3 is 2.45 bits per heavy atom. The van der Waals surface area contributed by atoms with Gasteiger partial charge in [-0.3, -0.25) is 9.59 Å². The van der Waals surface area contributed by atoms with Crippen LogP contribution in [0.5, 0.6) is 5.75 Å². The van der Waals surface area contributed by atoms with Gasteiger partial charge in [0.05, 0.1) is 22.5 Å². The number of nitrogens with zero attached hydrogens (tertiary/aromatic N) is 2. The molecule has 3 aromatic rings. The van der Waals surface area contributed by atoms with Crippen LogP contribution < -0.4 is 4.74 Å². The number of carbonyl (C=O) groups excluding carboxylic acids is 2. The van der Waals surface area contributed by atoms with Crippen LogP contribution in [0, 0.1) is 23.7 Å². The first-order chi connectivity index (χ1) is 16.1. The quantitative estimate of drug-likeness (QED) is 0.270. The first-order valence-electron chi connectivity index (χ1n) is 11.1. The Morgan fingerprint density at radius 2 is 1.70 bits per heavy atom. The van der Waals surface area contributed by atoms with Gasteiger partial charge in [0.25, 0.3) is 11.8 Å². The van der Waals surface area contributed by atoms with Crippen LogP contribution in [0.25, 0.3) is 10.8 Å². The predicted octanol–water partition coefficient (Wildman–Crippen LogP) is 5.32. The van der Waals surface area contributed by atoms with Gasteiger partial charge in [0.15, 0.2) is 0 Å². The topological polar surface area (TPSA) is 59.0 Å². The van der Waals surface area contributed by atoms with Crippen LogP contribution in [0.1, 0.15) is 17.5 Å². The molecule has 6 heteroatoms. The fraction of sp³-hybridized carbons (Fsp3) is 0.222. The third-order valence-corrected chi connectivity index (χ3v) is 7.61. The third-order valence-electron chi connectivity index (χ3n) is 6.99. The van der Waals surface area contributed by atoms with Gasteiger partial charge in [-0.1, -0.05) is 54.6 Å². The fourth-order valence-electron chi connectivity index (χ4n) is 5.41. The number of hydrogen-bond donors (Lipinski definition) is 0. The average molecular weight is 501 g/mol. The van der Waals surface area contributed by atoms with Gasteiger partial charge in [0.1, 0.15) is 12.4 Å². The Balaban J connectivity index is 1.16. The summed E-state index contributed by atoms with van der Waals surface area (Å²) in [7, 11) is 0. The monoisotopic (exact) mass is 500 g/mol. The van der Waals surface area contributed by atoms with Gasteiger partial charge in [-0.15, -0.1) is 0 Å². The summed E-state index contributed by atoms with van der Waals surface area (Å²) in [6, 6.07) is 20.0. The molecule has 0 N–H and O–H groups in total. The number of ether oxygens (including phenoxy) is 1. The Kier molecular flexibility index (Phi) is 4.91. The number of halogens is 1. The van der Waals surface area contributed by atoms with E-state index in [-0.39, 0.29) is 35.5 Å². The molecule has 2 bridgehead atoms. The van der Waals surface area contributed by atoms with Crippen LogP contribution in [0.2, 0.25) is 0 Å². The van der Waals surface area contributed by atoms with E-state index in [1.165, 1.54) is 10.8 Å². The van der Waals surface area contributed by atoms with E-state index in [0.29, 0.717) is 12.4 Å². The summed E-state index contributed by atoms with van der Waals surface area (Å²) in [5.41, 5.74) is 1.89. The van der Waals surface area contributed by atoms with Gasteiger partial charge < -0.3 is 4.74 Å². The van der Waals surface area contributed by atoms with Crippen molar-refractivity contribution in [1.82, 2.24) is 5.01 Å². The molecule has 5 nitrogen and oxygen atoms in total. The molecule has 33 heavy (non-hydrogen) atoms. The molecule has 0 radical (unpaired) electrons. The number of carbonyl (C=O) groups is 2. The minimum absolute atomic E-state index is 0.174. The molecule has 1 aliphatic heterocycles. The van der Waals surface area contributed by atoms with Crippen molar-refractivity contribution in [2.24, 2.45) is 28.8 Å². The molecule has 3 aromatic carbocycles. The van der Waals surface area contributed by atoms with Gasteiger partial charge in [0.2, 0.25) is 0 Å². The molecule has 1 saturated carbocycles. The minimum Gasteiger partial charge on any atom is -0.488 e. The van der Waals surface area contributed by atoms with Crippen LogP contribution in [0.3, 0.4) is 0 Å². The molecule has 3 aliphatic rings. The standard InChI is InChI=1S/C27H21BrN2O3/c28-22-12-16(14-29-30-26(31)24-18-9-10-19(13-18)25(24)27(30)32)8-11-23(22)33-15-20-6-3-5-17-4-1-2-7-21(17)20/h1-12,14,18-19,24-25H,13,15H2/b29-14-/t18-,19-,24-,25+/m0/s1. The van der Waals surface area contributed by atoms with Gasteiger partial charge >= 0.3 is 0 Å². The first-order valence-corrected chi connectivity index (χ1v) is 11.9. The highest BCUT2D eigenvalue weighted by molar-refractivity contribution is 9.10. The van der Waals surface area contributed by atoms with E-state index in [1.807, 2.05) is 36.4 Å². The average Bonchev–Trinajstić information content (AvgIpc) is 3.51. The van der Waals surface area contributed by atoms with E-state index in [4.69, 9.17) is 4.74 Å². The molecule has 1 saturated heterocycles. The van der Waals surface area contributed by atoms with Gasteiger partial charge in [-0.2, -0.15) is 10.1 Å². The van der Waals surface area contributed by atoms with Crippen LogP contribution in [0.15, 0.2) is 82.4 Å². The van der Waals surface area contributed by atoms with Crippen molar-refractivity contribution in [2.75, 3.05) is 0 Å². The van der Waals surface area contributed by atoms with E-state index in [2.05, 4.69) is 57.4 Å². The summed E-state index contributed by atoms with van der Waals surface area (Å²) < 4.78 is 6.84. The van der Waals surface area contributed by atoms with Crippen molar-refractivity contribution in [3.05, 3.63) is 88.4 Å². The number of hydrogen-bond acceptors (Lipinski definition) is 4. The van der Waals surface area contributed by atoms with Crippen LogP contribution in [-0.4, -0.2) is 23.0 Å². The number of allylic oxidation sites excluding steroid dienone is 2. The lowest BCUT2D eigenvalue weighted by Crippen LogP contribution is -2.28. The number of benzene rings is 3. The Morgan fingerprint density at radius 1 is 0.970 bits per heavy atom. The smallest absolute Gasteiger partial charge is 0.254 e. The second kappa shape index (κ2) is 7.96. The zero-order valence-electron chi connectivity index (χ0n) is 17.7. The zero-order valence-corrected chi connectivity index (χ0v) is 19.3. The molecule has 0 aromatic heterocycles. The van der Waals surface area contributed by atoms with Gasteiger partial charge in [-0.25, -0.2) is 0 Å². The SMILES string of the molecule is O=C1[C@@H]2[C@H](C(=O)N1/N=C\c1ccc(OCc3cccc4ccccc34)c(Br)c1)[C@H]1C=C[C@H]2C1. The predicted molar refractivity (Wildman–Crippen MR) is 130 cm³/mol. The van der Waals surface area contributed by atoms with Crippen molar-refractivity contribution >= 4 is 44.7 Å². The fourth-order valence-corrected chi connectivity index (χ4v) is 5.92. The summed E-state index contributed by atoms with van der Waals surface area (Å²) in [6.07, 6.45) is 6.64. The van der Waals surface area contributed by atoms with E-state index in [0.717, 1.165) is 27.0 Å². The molecular formula is C27H21BrN2O3. The van der Waals surface area contributed by atoms with Gasteiger partial charge in [-0.05, 0) is 74.3 Å². The lowest BCUT2D eigenvalue weighted by Gasteiger charge is -2.13. The van der Waals surface area contributed by atoms with Crippen molar-refractivity contribution < 1.29 is 14.3 Å². The summed E-state index contributed by atoms with van der Waals surface area (Å²) in [5.74, 6) is 0.264. The molecular weight excluding hydrogens is 480 g/mol. The molecule has 1 heterocycles. The summed E-state index contributed by atoms with van der Waals surface area (Å²) in [5, 5.41) is 7.68. The van der Waals surface area contributed by atoms with Crippen molar-refractivity contribution in [3.8, 4) is 5.75 Å². The third kappa shape index (κ3) is 3.40. The molecule has 4 atom stereocenters. The van der Waals surface area contributed by atoms with Crippen LogP contribution in [0.4, 0.5) is 0 Å². The Bertz CT molecular complexity index is 1310. The van der Waals surface area contributed by atoms with E-state index in [9.17, 15) is 9.59 Å². The minimum atomic E-state index is -0.235. The molecule has 0 unspecified atom stereocenters. The molecule has 2 aliphatic carbocycles. The highest BCUT2D eigenvalue weighted by Gasteiger charge is 2.59. The maximum Gasteiger partial charge on any atom is 0.254 e. The normalized spacial score (nSPS) is 25.5. The molecule has 2 fully saturated rings. The maximum absolute atomic E-state index is 12.8. The first kappa shape index (κ1) is 20.4. The number of rotatable bonds is 5. The number of amides is 2. The lowest BCUT2D eigenvalue weighted by atomic mass is 9.85. The Labute approximate surface area is 199 Å². The van der Waals surface area contributed by atoms with E-state index < -0.39 is 0 Å². The largest absolute Gasteiger partial charge is 0.488 e. The highest BCUT2D eigenvalue weighted by Crippen LogP contribution is 2.52. The molecule has 0 spiro atoms. The Hall–Kier alpha value is -3.25. The zero-order chi connectivity index (χ0) is 22.5. The van der Waals surface area contributed by atoms with Crippen molar-refractivity contribution in [2.45, 2.75) is 13.0 Å². The molecule has 2 amide bonds. The summed E-state index contributed by atoms with van der Waals surface area (Å²) in [4.78, 5) is 25.5. The second-order valence-electron chi connectivity index (χ2n) is 8.85. The summed E-state index contributed by atoms with van der Waals surface area (Å²) >= 11 is 3.57. The second-order valence-corrected chi connectivity index (χ2v) is 9.70. The molecule has 164 valence electrons. The lowest BCUT2D eigenvalue weighted by molar-refractivity contribution is -0.140. The number of hydrazone groups is 1. The van der Waals surface area contributed by atoms with Gasteiger partial charge in [0, 0.05) is 0 Å². The molecule has 6 rings (SSSR count). The van der Waals surface area contributed by atoms with Crippen LogP contribution in [-0.2, 0) is 16.2 Å². The number of imide groups is 1. The van der Waals surface area contributed by atoms with E-state index in [1.54, 1.807) is 6.21 Å². The highest BCUT2D eigenvalue weighted by atomic mass is 79.9. The number of fused-ring (bicyclic) bond motifs is 6. The van der Waals surface area contributed by atoms with E-state index >= 15 is 0 Å². The summed E-state index contributed by atoms with van der Waals surface area (Å²) in [6.45, 7) is 0.448. The van der Waals surface area contributed by atoms with Crippen molar-refractivity contribution in [3.63, 3.8) is 0 Å². The van der Waals surface area contributed by atoms with Crippen molar-refractivity contribution in [1.29, 1.82) is 0 Å². The van der Waals surface area contributed by atoms with Crippen LogP contribution >= 0.6 is 15.9 Å².